The summed E-state index contributed by atoms with van der Waals surface area (Å²) in [5.41, 5.74) is 3.03. The Morgan fingerprint density at radius 3 is 2.62 bits per heavy atom. The number of aryl methyl sites for hydroxylation is 2. The third kappa shape index (κ3) is 4.39. The number of aromatic nitrogens is 2. The minimum atomic E-state index is -0.179. The molecule has 6 nitrogen and oxygen atoms in total. The third-order valence-electron chi connectivity index (χ3n) is 4.14. The molecule has 0 spiro atoms. The number of hydrogen-bond acceptors (Lipinski definition) is 3. The van der Waals surface area contributed by atoms with E-state index >= 15 is 0 Å². The number of fused-ring (bicyclic) bond motifs is 1. The van der Waals surface area contributed by atoms with Crippen molar-refractivity contribution in [3.8, 4) is 0 Å². The maximum atomic E-state index is 12.5. The number of carbonyl (C=O) groups is 2. The van der Waals surface area contributed by atoms with E-state index in [2.05, 4.69) is 23.5 Å². The smallest absolute Gasteiger partial charge is 0.270 e. The molecule has 2 amide bonds. The summed E-state index contributed by atoms with van der Waals surface area (Å²) >= 11 is 0. The van der Waals surface area contributed by atoms with E-state index in [0.717, 1.165) is 11.2 Å². The van der Waals surface area contributed by atoms with Crippen molar-refractivity contribution in [3.63, 3.8) is 0 Å². The lowest BCUT2D eigenvalue weighted by Crippen LogP contribution is -2.32. The zero-order chi connectivity index (χ0) is 19.1. The van der Waals surface area contributed by atoms with Gasteiger partial charge in [0.2, 0.25) is 5.91 Å². The Kier molecular flexibility index (Phi) is 6.72. The number of rotatable bonds is 9. The fraction of sp³-hybridized carbons (Fsp3) is 0.350. The number of hydrogen-bond donors (Lipinski definition) is 1. The molecule has 0 aliphatic heterocycles. The number of nitrogens with one attached hydrogen (secondary N) is 1. The van der Waals surface area contributed by atoms with Gasteiger partial charge in [0.15, 0.2) is 0 Å². The highest BCUT2D eigenvalue weighted by atomic mass is 16.2. The summed E-state index contributed by atoms with van der Waals surface area (Å²) in [5.74, 6) is -0.150. The second-order valence-electron chi connectivity index (χ2n) is 6.17. The van der Waals surface area contributed by atoms with Crippen LogP contribution in [0.2, 0.25) is 0 Å². The predicted molar refractivity (Wildman–Crippen MR) is 103 cm³/mol. The van der Waals surface area contributed by atoms with Crippen LogP contribution in [0.25, 0.3) is 5.65 Å². The highest BCUT2D eigenvalue weighted by molar-refractivity contribution is 5.94. The van der Waals surface area contributed by atoms with Crippen LogP contribution in [0, 0.1) is 13.8 Å². The van der Waals surface area contributed by atoms with E-state index in [0.29, 0.717) is 43.9 Å². The second-order valence-corrected chi connectivity index (χ2v) is 6.17. The van der Waals surface area contributed by atoms with Gasteiger partial charge in [-0.25, -0.2) is 4.98 Å². The van der Waals surface area contributed by atoms with Crippen molar-refractivity contribution >= 4 is 17.5 Å². The summed E-state index contributed by atoms with van der Waals surface area (Å²) in [6, 6.07) is 3.86. The molecule has 0 unspecified atom stereocenters. The molecule has 1 N–H and O–H groups in total. The van der Waals surface area contributed by atoms with E-state index in [1.54, 1.807) is 21.5 Å². The van der Waals surface area contributed by atoms with Crippen LogP contribution in [0.3, 0.4) is 0 Å². The number of carbonyl (C=O) groups excluding carboxylic acids is 2. The molecule has 0 aliphatic rings. The number of nitrogens with zero attached hydrogens (tertiary/aromatic N) is 3. The van der Waals surface area contributed by atoms with Crippen molar-refractivity contribution in [2.75, 3.05) is 19.6 Å². The molecule has 26 heavy (non-hydrogen) atoms. The van der Waals surface area contributed by atoms with Gasteiger partial charge in [-0.3, -0.25) is 14.0 Å². The fourth-order valence-corrected chi connectivity index (χ4v) is 2.86. The van der Waals surface area contributed by atoms with Gasteiger partial charge >= 0.3 is 0 Å². The number of imidazole rings is 1. The highest BCUT2D eigenvalue weighted by Crippen LogP contribution is 2.15. The Balaban J connectivity index is 1.93. The first-order valence-electron chi connectivity index (χ1n) is 8.71. The first-order valence-corrected chi connectivity index (χ1v) is 8.71. The molecule has 2 rings (SSSR count). The lowest BCUT2D eigenvalue weighted by atomic mass is 10.2. The van der Waals surface area contributed by atoms with E-state index in [1.807, 2.05) is 32.2 Å². The van der Waals surface area contributed by atoms with Crippen LogP contribution in [0.15, 0.2) is 43.6 Å². The van der Waals surface area contributed by atoms with Crippen LogP contribution in [0.5, 0.6) is 0 Å². The zero-order valence-electron chi connectivity index (χ0n) is 15.5. The molecule has 138 valence electrons. The lowest BCUT2D eigenvalue weighted by Gasteiger charge is -2.19. The molecule has 0 aromatic carbocycles. The maximum Gasteiger partial charge on any atom is 0.270 e. The number of amides is 2. The number of pyridine rings is 1. The van der Waals surface area contributed by atoms with Crippen molar-refractivity contribution in [3.05, 3.63) is 60.6 Å². The SMILES string of the molecule is C=CCN(CC=C)C(=O)CCCNC(=O)c1c(C)nc2c(C)cccn12. The van der Waals surface area contributed by atoms with Crippen LogP contribution in [-0.2, 0) is 4.79 Å². The van der Waals surface area contributed by atoms with Crippen molar-refractivity contribution in [2.45, 2.75) is 26.7 Å². The average molecular weight is 354 g/mol. The minimum absolute atomic E-state index is 0.0284. The largest absolute Gasteiger partial charge is 0.351 e. The van der Waals surface area contributed by atoms with Crippen molar-refractivity contribution < 1.29 is 9.59 Å². The van der Waals surface area contributed by atoms with Crippen molar-refractivity contribution in [1.29, 1.82) is 0 Å². The summed E-state index contributed by atoms with van der Waals surface area (Å²) in [4.78, 5) is 30.9. The Labute approximate surface area is 154 Å². The van der Waals surface area contributed by atoms with Gasteiger partial charge in [-0.15, -0.1) is 13.2 Å². The monoisotopic (exact) mass is 354 g/mol. The fourth-order valence-electron chi connectivity index (χ4n) is 2.86. The van der Waals surface area contributed by atoms with Gasteiger partial charge in [0, 0.05) is 32.3 Å². The molecule has 2 heterocycles. The van der Waals surface area contributed by atoms with Gasteiger partial charge in [-0.1, -0.05) is 18.2 Å². The van der Waals surface area contributed by atoms with E-state index in [9.17, 15) is 9.59 Å². The Morgan fingerprint density at radius 1 is 1.27 bits per heavy atom. The van der Waals surface area contributed by atoms with Crippen LogP contribution in [-0.4, -0.2) is 45.7 Å². The quantitative estimate of drug-likeness (QED) is 0.556. The summed E-state index contributed by atoms with van der Waals surface area (Å²) in [6.07, 6.45) is 6.16. The molecule has 0 atom stereocenters. The van der Waals surface area contributed by atoms with E-state index in [4.69, 9.17) is 0 Å². The summed E-state index contributed by atoms with van der Waals surface area (Å²) < 4.78 is 1.81. The molecule has 0 fully saturated rings. The first-order chi connectivity index (χ1) is 12.5. The zero-order valence-corrected chi connectivity index (χ0v) is 15.5. The molecular formula is C20H26N4O2. The summed E-state index contributed by atoms with van der Waals surface area (Å²) in [5, 5.41) is 2.88. The Hall–Kier alpha value is -2.89. The molecule has 0 aliphatic carbocycles. The van der Waals surface area contributed by atoms with Crippen molar-refractivity contribution in [2.24, 2.45) is 0 Å². The average Bonchev–Trinajstić information content (AvgIpc) is 2.95. The predicted octanol–water partition coefficient (Wildman–Crippen LogP) is 2.66. The molecule has 2 aromatic rings. The topological polar surface area (TPSA) is 66.7 Å². The third-order valence-corrected chi connectivity index (χ3v) is 4.14. The molecule has 0 saturated carbocycles. The van der Waals surface area contributed by atoms with Crippen LogP contribution >= 0.6 is 0 Å². The Bertz CT molecular complexity index is 813. The van der Waals surface area contributed by atoms with Gasteiger partial charge in [0.25, 0.3) is 5.91 Å². The molecular weight excluding hydrogens is 328 g/mol. The standard InChI is InChI=1S/C20H26N4O2/c1-5-12-23(13-6-2)17(25)10-7-11-21-20(26)18-16(4)22-19-15(3)9-8-14-24(18)19/h5-6,8-9,14H,1-2,7,10-13H2,3-4H3,(H,21,26). The van der Waals surface area contributed by atoms with Crippen molar-refractivity contribution in [1.82, 2.24) is 19.6 Å². The molecule has 0 bridgehead atoms. The molecule has 2 aromatic heterocycles. The minimum Gasteiger partial charge on any atom is -0.351 e. The molecule has 0 radical (unpaired) electrons. The second kappa shape index (κ2) is 8.99. The van der Waals surface area contributed by atoms with E-state index < -0.39 is 0 Å². The van der Waals surface area contributed by atoms with Gasteiger partial charge < -0.3 is 10.2 Å². The lowest BCUT2D eigenvalue weighted by molar-refractivity contribution is -0.130. The van der Waals surface area contributed by atoms with E-state index in [-0.39, 0.29) is 11.8 Å². The Morgan fingerprint density at radius 2 is 1.96 bits per heavy atom. The molecule has 0 saturated heterocycles. The van der Waals surface area contributed by atoms with Gasteiger partial charge in [0.05, 0.1) is 5.69 Å². The van der Waals surface area contributed by atoms with Crippen LogP contribution in [0.1, 0.15) is 34.6 Å². The highest BCUT2D eigenvalue weighted by Gasteiger charge is 2.17. The van der Waals surface area contributed by atoms with Gasteiger partial charge in [0.1, 0.15) is 11.3 Å². The van der Waals surface area contributed by atoms with Crippen LogP contribution in [0.4, 0.5) is 0 Å². The molecule has 6 heteroatoms. The van der Waals surface area contributed by atoms with E-state index in [1.165, 1.54) is 0 Å². The summed E-state index contributed by atoms with van der Waals surface area (Å²) in [6.45, 7) is 12.5. The van der Waals surface area contributed by atoms with Gasteiger partial charge in [-0.05, 0) is 31.9 Å². The van der Waals surface area contributed by atoms with Gasteiger partial charge in [-0.2, -0.15) is 0 Å². The normalized spacial score (nSPS) is 10.5. The first kappa shape index (κ1) is 19.4. The maximum absolute atomic E-state index is 12.5. The van der Waals surface area contributed by atoms with Crippen LogP contribution < -0.4 is 5.32 Å². The summed E-state index contributed by atoms with van der Waals surface area (Å²) in [7, 11) is 0.